The van der Waals surface area contributed by atoms with Gasteiger partial charge in [-0.2, -0.15) is 0 Å². The summed E-state index contributed by atoms with van der Waals surface area (Å²) in [5.41, 5.74) is 6.25. The van der Waals surface area contributed by atoms with E-state index in [1.54, 1.807) is 6.08 Å². The van der Waals surface area contributed by atoms with Crippen LogP contribution in [0.2, 0.25) is 0 Å². The predicted molar refractivity (Wildman–Crippen MR) is 57.7 cm³/mol. The van der Waals surface area contributed by atoms with Gasteiger partial charge in [-0.05, 0) is 13.0 Å². The van der Waals surface area contributed by atoms with Crippen molar-refractivity contribution in [1.82, 2.24) is 0 Å². The maximum Gasteiger partial charge on any atom is 0.103 e. The third kappa shape index (κ3) is 4.11. The average Bonchev–Trinajstić information content (AvgIpc) is 1.99. The van der Waals surface area contributed by atoms with Crippen LogP contribution in [0.1, 0.15) is 6.92 Å². The Morgan fingerprint density at radius 3 is 2.45 bits per heavy atom. The number of rotatable bonds is 3. The molecule has 0 rings (SSSR count). The molecule has 0 saturated carbocycles. The van der Waals surface area contributed by atoms with Crippen molar-refractivity contribution >= 4 is 33.1 Å². The Hall–Kier alpha value is -0.410. The molecule has 0 unspecified atom stereocenters. The van der Waals surface area contributed by atoms with E-state index in [2.05, 4.69) is 22.5 Å². The molecule has 1 nitrogen and oxygen atoms in total. The van der Waals surface area contributed by atoms with Crippen molar-refractivity contribution in [1.29, 1.82) is 0 Å². The fourth-order valence-corrected chi connectivity index (χ4v) is 0.928. The maximum absolute atomic E-state index is 5.41. The Labute approximate surface area is 80.8 Å². The normalized spacial score (nSPS) is 12.9. The number of hydrogen-bond acceptors (Lipinski definition) is 1. The molecule has 0 radical (unpaired) electrons. The smallest absolute Gasteiger partial charge is 0.103 e. The minimum Gasteiger partial charge on any atom is -0.389 e. The molecule has 0 aliphatic carbocycles. The van der Waals surface area contributed by atoms with Crippen LogP contribution >= 0.6 is 28.1 Å². The minimum atomic E-state index is 0.395. The second-order valence-corrected chi connectivity index (χ2v) is 3.20. The third-order valence-electron chi connectivity index (χ3n) is 1.08. The molecule has 0 saturated heterocycles. The number of nitrogens with two attached hydrogens (primary N) is 1. The Morgan fingerprint density at radius 1 is 1.64 bits per heavy atom. The van der Waals surface area contributed by atoms with Crippen molar-refractivity contribution in [2.24, 2.45) is 5.73 Å². The Balaban J connectivity index is 4.57. The van der Waals surface area contributed by atoms with Gasteiger partial charge in [0, 0.05) is 10.1 Å². The standard InChI is InChI=1S/C8H10BrNS/c1-3-6(8(10)11)5-7(9)4-2/h3-5H,2H2,1H3,(H2,10,11)/b6-3+,7-5+. The molecule has 60 valence electrons. The topological polar surface area (TPSA) is 26.0 Å². The SMILES string of the molecule is C=C/C(Br)=C\C(=C/C)C(N)=S. The van der Waals surface area contributed by atoms with Crippen LogP contribution in [-0.4, -0.2) is 4.99 Å². The van der Waals surface area contributed by atoms with Crippen LogP contribution in [0.25, 0.3) is 0 Å². The first-order valence-corrected chi connectivity index (χ1v) is 4.27. The molecule has 0 bridgehead atoms. The Kier molecular flexibility index (Phi) is 5.07. The molecule has 0 aromatic carbocycles. The first-order chi connectivity index (χ1) is 5.11. The van der Waals surface area contributed by atoms with E-state index in [0.29, 0.717) is 4.99 Å². The van der Waals surface area contributed by atoms with Gasteiger partial charge in [0.05, 0.1) is 0 Å². The number of thiocarbonyl (C=S) groups is 1. The highest BCUT2D eigenvalue weighted by molar-refractivity contribution is 9.11. The monoisotopic (exact) mass is 231 g/mol. The largest absolute Gasteiger partial charge is 0.389 e. The molecule has 3 heteroatoms. The molecule has 0 fully saturated rings. The zero-order valence-electron chi connectivity index (χ0n) is 6.30. The molecule has 0 amide bonds. The van der Waals surface area contributed by atoms with Gasteiger partial charge in [-0.1, -0.05) is 46.9 Å². The van der Waals surface area contributed by atoms with Crippen molar-refractivity contribution in [3.05, 3.63) is 34.9 Å². The maximum atomic E-state index is 5.41. The van der Waals surface area contributed by atoms with Gasteiger partial charge in [-0.3, -0.25) is 0 Å². The molecule has 2 N–H and O–H groups in total. The Bertz CT molecular complexity index is 228. The molecule has 11 heavy (non-hydrogen) atoms. The van der Waals surface area contributed by atoms with Crippen LogP contribution in [-0.2, 0) is 0 Å². The lowest BCUT2D eigenvalue weighted by Crippen LogP contribution is -2.09. The lowest BCUT2D eigenvalue weighted by Gasteiger charge is -1.96. The highest BCUT2D eigenvalue weighted by atomic mass is 79.9. The van der Waals surface area contributed by atoms with Crippen LogP contribution in [0.4, 0.5) is 0 Å². The van der Waals surface area contributed by atoms with Crippen LogP contribution in [0.5, 0.6) is 0 Å². The van der Waals surface area contributed by atoms with E-state index in [1.807, 2.05) is 19.1 Å². The molecule has 0 aliphatic heterocycles. The summed E-state index contributed by atoms with van der Waals surface area (Å²) in [7, 11) is 0. The van der Waals surface area contributed by atoms with E-state index in [1.165, 1.54) is 0 Å². The highest BCUT2D eigenvalue weighted by Crippen LogP contribution is 2.10. The molecule has 0 atom stereocenters. The first-order valence-electron chi connectivity index (χ1n) is 3.07. The van der Waals surface area contributed by atoms with Gasteiger partial charge < -0.3 is 5.73 Å². The summed E-state index contributed by atoms with van der Waals surface area (Å²) in [4.78, 5) is 0.395. The van der Waals surface area contributed by atoms with E-state index >= 15 is 0 Å². The fraction of sp³-hybridized carbons (Fsp3) is 0.125. The summed E-state index contributed by atoms with van der Waals surface area (Å²) >= 11 is 8.07. The van der Waals surface area contributed by atoms with E-state index < -0.39 is 0 Å². The zero-order valence-corrected chi connectivity index (χ0v) is 8.71. The summed E-state index contributed by atoms with van der Waals surface area (Å²) in [5, 5.41) is 0. The van der Waals surface area contributed by atoms with Crippen molar-refractivity contribution in [2.75, 3.05) is 0 Å². The molecular weight excluding hydrogens is 222 g/mol. The van der Waals surface area contributed by atoms with Gasteiger partial charge in [-0.25, -0.2) is 0 Å². The van der Waals surface area contributed by atoms with Crippen molar-refractivity contribution in [3.63, 3.8) is 0 Å². The summed E-state index contributed by atoms with van der Waals surface area (Å²) in [5.74, 6) is 0. The van der Waals surface area contributed by atoms with Crippen LogP contribution < -0.4 is 5.73 Å². The molecule has 0 heterocycles. The zero-order chi connectivity index (χ0) is 8.85. The molecule has 0 aliphatic rings. The minimum absolute atomic E-state index is 0.395. The van der Waals surface area contributed by atoms with Crippen LogP contribution in [0, 0.1) is 0 Å². The molecule has 0 spiro atoms. The fourth-order valence-electron chi connectivity index (χ4n) is 0.504. The number of hydrogen-bond donors (Lipinski definition) is 1. The van der Waals surface area contributed by atoms with E-state index in [9.17, 15) is 0 Å². The lowest BCUT2D eigenvalue weighted by atomic mass is 10.2. The van der Waals surface area contributed by atoms with Crippen molar-refractivity contribution < 1.29 is 0 Å². The van der Waals surface area contributed by atoms with Gasteiger partial charge in [0.1, 0.15) is 4.99 Å². The number of halogens is 1. The average molecular weight is 232 g/mol. The van der Waals surface area contributed by atoms with E-state index in [4.69, 9.17) is 18.0 Å². The first kappa shape index (κ1) is 10.6. The van der Waals surface area contributed by atoms with Crippen molar-refractivity contribution in [2.45, 2.75) is 6.92 Å². The van der Waals surface area contributed by atoms with Crippen LogP contribution in [0.3, 0.4) is 0 Å². The second-order valence-electron chi connectivity index (χ2n) is 1.84. The quantitative estimate of drug-likeness (QED) is 0.460. The van der Waals surface area contributed by atoms with Crippen molar-refractivity contribution in [3.8, 4) is 0 Å². The van der Waals surface area contributed by atoms with E-state index in [-0.39, 0.29) is 0 Å². The highest BCUT2D eigenvalue weighted by Gasteiger charge is 1.94. The molecule has 0 aromatic rings. The second kappa shape index (κ2) is 5.27. The van der Waals surface area contributed by atoms with Gasteiger partial charge in [0.2, 0.25) is 0 Å². The van der Waals surface area contributed by atoms with Gasteiger partial charge in [0.15, 0.2) is 0 Å². The summed E-state index contributed by atoms with van der Waals surface area (Å²) in [6, 6.07) is 0. The number of allylic oxidation sites excluding steroid dienone is 3. The van der Waals surface area contributed by atoms with Gasteiger partial charge in [0.25, 0.3) is 0 Å². The van der Waals surface area contributed by atoms with Crippen LogP contribution in [0.15, 0.2) is 34.9 Å². The molecule has 0 aromatic heterocycles. The summed E-state index contributed by atoms with van der Waals surface area (Å²) < 4.78 is 0.874. The lowest BCUT2D eigenvalue weighted by molar-refractivity contribution is 1.62. The molecular formula is C8H10BrNS. The predicted octanol–water partition coefficient (Wildman–Crippen LogP) is 2.68. The van der Waals surface area contributed by atoms with E-state index in [0.717, 1.165) is 10.1 Å². The van der Waals surface area contributed by atoms with Gasteiger partial charge >= 0.3 is 0 Å². The van der Waals surface area contributed by atoms with Gasteiger partial charge in [-0.15, -0.1) is 0 Å². The Morgan fingerprint density at radius 2 is 2.18 bits per heavy atom. The summed E-state index contributed by atoms with van der Waals surface area (Å²) in [6.07, 6.45) is 5.37. The third-order valence-corrected chi connectivity index (χ3v) is 1.87. The summed E-state index contributed by atoms with van der Waals surface area (Å²) in [6.45, 7) is 5.46.